The molecule has 4 heteroatoms. The Kier molecular flexibility index (Phi) is 4.81. The van der Waals surface area contributed by atoms with E-state index in [4.69, 9.17) is 4.74 Å². The molecule has 0 aromatic heterocycles. The second-order valence-electron chi connectivity index (χ2n) is 6.02. The molecule has 2 aromatic carbocycles. The standard InChI is InChI=1S/C18H17BrO3/c1-18(2,3)14-6-4-12(5-7-14)17(21)22-16-9-8-15(19)10-13(16)11-20/h4-11H,1-3H3. The lowest BCUT2D eigenvalue weighted by Gasteiger charge is -2.19. The van der Waals surface area contributed by atoms with Crippen molar-refractivity contribution in [1.82, 2.24) is 0 Å². The second kappa shape index (κ2) is 6.44. The molecule has 0 N–H and O–H groups in total. The summed E-state index contributed by atoms with van der Waals surface area (Å²) in [6, 6.07) is 12.2. The Bertz CT molecular complexity index is 697. The lowest BCUT2D eigenvalue weighted by molar-refractivity contribution is 0.0733. The van der Waals surface area contributed by atoms with E-state index in [-0.39, 0.29) is 11.2 Å². The van der Waals surface area contributed by atoms with E-state index in [1.54, 1.807) is 30.3 Å². The molecule has 0 saturated heterocycles. The van der Waals surface area contributed by atoms with Gasteiger partial charge in [0.15, 0.2) is 6.29 Å². The fourth-order valence-corrected chi connectivity index (χ4v) is 2.35. The molecule has 0 aliphatic carbocycles. The molecule has 3 nitrogen and oxygen atoms in total. The minimum Gasteiger partial charge on any atom is -0.422 e. The van der Waals surface area contributed by atoms with Gasteiger partial charge < -0.3 is 4.74 Å². The highest BCUT2D eigenvalue weighted by Crippen LogP contribution is 2.24. The zero-order valence-corrected chi connectivity index (χ0v) is 14.3. The van der Waals surface area contributed by atoms with Gasteiger partial charge in [-0.2, -0.15) is 0 Å². The highest BCUT2D eigenvalue weighted by Gasteiger charge is 2.16. The Labute approximate surface area is 138 Å². The van der Waals surface area contributed by atoms with Crippen LogP contribution in [0.25, 0.3) is 0 Å². The van der Waals surface area contributed by atoms with Gasteiger partial charge >= 0.3 is 5.97 Å². The normalized spacial score (nSPS) is 11.1. The zero-order valence-electron chi connectivity index (χ0n) is 12.7. The quantitative estimate of drug-likeness (QED) is 0.449. The van der Waals surface area contributed by atoms with Crippen LogP contribution in [-0.4, -0.2) is 12.3 Å². The molecule has 0 radical (unpaired) electrons. The third-order valence-corrected chi connectivity index (χ3v) is 3.78. The van der Waals surface area contributed by atoms with E-state index in [1.807, 2.05) is 12.1 Å². The summed E-state index contributed by atoms with van der Waals surface area (Å²) in [5.41, 5.74) is 1.95. The molecule has 114 valence electrons. The first-order chi connectivity index (χ1) is 10.3. The van der Waals surface area contributed by atoms with Crippen molar-refractivity contribution < 1.29 is 14.3 Å². The lowest BCUT2D eigenvalue weighted by atomic mass is 9.87. The summed E-state index contributed by atoms with van der Waals surface area (Å²) in [6.07, 6.45) is 0.663. The van der Waals surface area contributed by atoms with Crippen LogP contribution in [0.15, 0.2) is 46.9 Å². The van der Waals surface area contributed by atoms with Crippen LogP contribution in [0.1, 0.15) is 47.1 Å². The molecular formula is C18H17BrO3. The van der Waals surface area contributed by atoms with E-state index >= 15 is 0 Å². The molecule has 0 bridgehead atoms. The van der Waals surface area contributed by atoms with E-state index in [9.17, 15) is 9.59 Å². The summed E-state index contributed by atoms with van der Waals surface area (Å²) in [4.78, 5) is 23.2. The van der Waals surface area contributed by atoms with Gasteiger partial charge in [-0.15, -0.1) is 0 Å². The van der Waals surface area contributed by atoms with Crippen molar-refractivity contribution in [2.24, 2.45) is 0 Å². The largest absolute Gasteiger partial charge is 0.422 e. The lowest BCUT2D eigenvalue weighted by Crippen LogP contribution is -2.13. The topological polar surface area (TPSA) is 43.4 Å². The molecule has 0 fully saturated rings. The van der Waals surface area contributed by atoms with Crippen molar-refractivity contribution in [3.8, 4) is 5.75 Å². The molecule has 22 heavy (non-hydrogen) atoms. The number of carbonyl (C=O) groups excluding carboxylic acids is 2. The minimum absolute atomic E-state index is 0.0266. The highest BCUT2D eigenvalue weighted by atomic mass is 79.9. The molecule has 0 aliphatic heterocycles. The number of benzene rings is 2. The summed E-state index contributed by atoms with van der Waals surface area (Å²) >= 11 is 3.28. The monoisotopic (exact) mass is 360 g/mol. The first-order valence-electron chi connectivity index (χ1n) is 6.89. The van der Waals surface area contributed by atoms with Gasteiger partial charge in [-0.1, -0.05) is 48.8 Å². The Morgan fingerprint density at radius 1 is 1.09 bits per heavy atom. The van der Waals surface area contributed by atoms with Crippen LogP contribution in [0.5, 0.6) is 5.75 Å². The maximum atomic E-state index is 12.2. The van der Waals surface area contributed by atoms with Crippen LogP contribution in [0, 0.1) is 0 Å². The van der Waals surface area contributed by atoms with Gasteiger partial charge in [0.1, 0.15) is 5.75 Å². The maximum Gasteiger partial charge on any atom is 0.343 e. The van der Waals surface area contributed by atoms with E-state index in [2.05, 4.69) is 36.7 Å². The Hall–Kier alpha value is -1.94. The maximum absolute atomic E-state index is 12.2. The third kappa shape index (κ3) is 3.83. The fourth-order valence-electron chi connectivity index (χ4n) is 1.97. The summed E-state index contributed by atoms with van der Waals surface area (Å²) in [6.45, 7) is 6.33. The average Bonchev–Trinajstić information content (AvgIpc) is 2.48. The fraction of sp³-hybridized carbons (Fsp3) is 0.222. The number of esters is 1. The number of aldehydes is 1. The predicted octanol–water partition coefficient (Wildman–Crippen LogP) is 4.78. The summed E-state index contributed by atoms with van der Waals surface area (Å²) in [5, 5.41) is 0. The summed E-state index contributed by atoms with van der Waals surface area (Å²) in [5.74, 6) is -0.228. The molecule has 0 aliphatic rings. The third-order valence-electron chi connectivity index (χ3n) is 3.29. The van der Waals surface area contributed by atoms with Crippen molar-refractivity contribution in [3.05, 3.63) is 63.6 Å². The van der Waals surface area contributed by atoms with E-state index in [1.165, 1.54) is 0 Å². The van der Waals surface area contributed by atoms with Gasteiger partial charge in [-0.05, 0) is 41.3 Å². The number of ether oxygens (including phenoxy) is 1. The van der Waals surface area contributed by atoms with Gasteiger partial charge in [-0.25, -0.2) is 4.79 Å². The van der Waals surface area contributed by atoms with Crippen LogP contribution >= 0.6 is 15.9 Å². The van der Waals surface area contributed by atoms with Crippen molar-refractivity contribution >= 4 is 28.2 Å². The highest BCUT2D eigenvalue weighted by molar-refractivity contribution is 9.10. The van der Waals surface area contributed by atoms with Crippen molar-refractivity contribution in [3.63, 3.8) is 0 Å². The summed E-state index contributed by atoms with van der Waals surface area (Å²) in [7, 11) is 0. The Balaban J connectivity index is 2.21. The SMILES string of the molecule is CC(C)(C)c1ccc(C(=O)Oc2ccc(Br)cc2C=O)cc1. The van der Waals surface area contributed by atoms with Crippen molar-refractivity contribution in [1.29, 1.82) is 0 Å². The molecule has 2 aromatic rings. The molecule has 0 amide bonds. The molecule has 0 spiro atoms. The summed E-state index contributed by atoms with van der Waals surface area (Å²) < 4.78 is 6.07. The van der Waals surface area contributed by atoms with Gasteiger partial charge in [-0.3, -0.25) is 4.79 Å². The number of rotatable bonds is 3. The zero-order chi connectivity index (χ0) is 16.3. The molecule has 0 saturated carbocycles. The Morgan fingerprint density at radius 2 is 1.73 bits per heavy atom. The van der Waals surface area contributed by atoms with E-state index in [0.717, 1.165) is 10.0 Å². The first-order valence-corrected chi connectivity index (χ1v) is 7.68. The van der Waals surface area contributed by atoms with Gasteiger partial charge in [0.25, 0.3) is 0 Å². The second-order valence-corrected chi connectivity index (χ2v) is 6.93. The van der Waals surface area contributed by atoms with Crippen LogP contribution < -0.4 is 4.74 Å². The van der Waals surface area contributed by atoms with Crippen molar-refractivity contribution in [2.45, 2.75) is 26.2 Å². The van der Waals surface area contributed by atoms with Crippen LogP contribution in [0.4, 0.5) is 0 Å². The molecule has 0 atom stereocenters. The number of carbonyl (C=O) groups is 2. The van der Waals surface area contributed by atoms with Crippen LogP contribution in [0.3, 0.4) is 0 Å². The number of hydrogen-bond acceptors (Lipinski definition) is 3. The van der Waals surface area contributed by atoms with E-state index in [0.29, 0.717) is 17.4 Å². The number of halogens is 1. The minimum atomic E-state index is -0.481. The van der Waals surface area contributed by atoms with E-state index < -0.39 is 5.97 Å². The smallest absolute Gasteiger partial charge is 0.343 e. The molecular weight excluding hydrogens is 344 g/mol. The van der Waals surface area contributed by atoms with Gasteiger partial charge in [0, 0.05) is 4.47 Å². The van der Waals surface area contributed by atoms with Gasteiger partial charge in [0.05, 0.1) is 11.1 Å². The average molecular weight is 361 g/mol. The molecule has 2 rings (SSSR count). The molecule has 0 unspecified atom stereocenters. The van der Waals surface area contributed by atoms with Gasteiger partial charge in [0.2, 0.25) is 0 Å². The first kappa shape index (κ1) is 16.4. The number of hydrogen-bond donors (Lipinski definition) is 0. The van der Waals surface area contributed by atoms with Crippen LogP contribution in [0.2, 0.25) is 0 Å². The predicted molar refractivity (Wildman–Crippen MR) is 89.6 cm³/mol. The molecule has 0 heterocycles. The van der Waals surface area contributed by atoms with Crippen molar-refractivity contribution in [2.75, 3.05) is 0 Å². The Morgan fingerprint density at radius 3 is 2.27 bits per heavy atom. The van der Waals surface area contributed by atoms with Crippen LogP contribution in [-0.2, 0) is 5.41 Å².